The van der Waals surface area contributed by atoms with Crippen molar-refractivity contribution in [1.82, 2.24) is 19.7 Å². The Bertz CT molecular complexity index is 1240. The van der Waals surface area contributed by atoms with Crippen molar-refractivity contribution in [2.45, 2.75) is 19.8 Å². The van der Waals surface area contributed by atoms with Gasteiger partial charge < -0.3 is 9.64 Å². The van der Waals surface area contributed by atoms with Gasteiger partial charge in [-0.05, 0) is 43.7 Å². The van der Waals surface area contributed by atoms with Gasteiger partial charge in [-0.2, -0.15) is 5.10 Å². The summed E-state index contributed by atoms with van der Waals surface area (Å²) >= 11 is 1.53. The number of thiazole rings is 1. The number of aromatic nitrogens is 4. The van der Waals surface area contributed by atoms with Gasteiger partial charge in [-0.15, -0.1) is 11.3 Å². The highest BCUT2D eigenvalue weighted by Gasteiger charge is 2.29. The Kier molecular flexibility index (Phi) is 4.90. The van der Waals surface area contributed by atoms with Crippen molar-refractivity contribution in [1.29, 1.82) is 0 Å². The summed E-state index contributed by atoms with van der Waals surface area (Å²) < 4.78 is 34.6. The van der Waals surface area contributed by atoms with E-state index in [9.17, 15) is 8.78 Å². The third-order valence-electron chi connectivity index (χ3n) is 5.30. The number of pyridine rings is 1. The highest BCUT2D eigenvalue weighted by atomic mass is 32.1. The van der Waals surface area contributed by atoms with Gasteiger partial charge in [0.25, 0.3) is 6.43 Å². The van der Waals surface area contributed by atoms with Crippen molar-refractivity contribution in [2.24, 2.45) is 0 Å². The SMILES string of the molecule is COc1ccc(N2CCc3c(-n4ccc(-c5nccs5)n4)cc(C)nc32)c(C(F)F)c1. The molecule has 0 saturated heterocycles. The molecule has 0 aliphatic carbocycles. The average molecular weight is 439 g/mol. The Morgan fingerprint density at radius 3 is 2.77 bits per heavy atom. The minimum Gasteiger partial charge on any atom is -0.497 e. The van der Waals surface area contributed by atoms with Crippen LogP contribution >= 0.6 is 11.3 Å². The highest BCUT2D eigenvalue weighted by molar-refractivity contribution is 7.13. The van der Waals surface area contributed by atoms with Crippen LogP contribution in [0, 0.1) is 6.92 Å². The number of hydrogen-bond acceptors (Lipinski definition) is 6. The predicted molar refractivity (Wildman–Crippen MR) is 116 cm³/mol. The van der Waals surface area contributed by atoms with Crippen molar-refractivity contribution >= 4 is 22.8 Å². The molecule has 158 valence electrons. The molecule has 0 fully saturated rings. The molecule has 3 aromatic heterocycles. The van der Waals surface area contributed by atoms with E-state index in [1.54, 1.807) is 18.3 Å². The van der Waals surface area contributed by atoms with Crippen LogP contribution in [-0.4, -0.2) is 33.4 Å². The maximum Gasteiger partial charge on any atom is 0.265 e. The van der Waals surface area contributed by atoms with Crippen molar-refractivity contribution < 1.29 is 13.5 Å². The molecule has 4 heterocycles. The fourth-order valence-corrected chi connectivity index (χ4v) is 4.50. The molecule has 0 amide bonds. The Hall–Kier alpha value is -3.33. The van der Waals surface area contributed by atoms with Crippen LogP contribution in [0.15, 0.2) is 48.1 Å². The fourth-order valence-electron chi connectivity index (χ4n) is 3.90. The number of ether oxygens (including phenoxy) is 1. The predicted octanol–water partition coefficient (Wildman–Crippen LogP) is 5.34. The third kappa shape index (κ3) is 3.44. The van der Waals surface area contributed by atoms with E-state index in [0.717, 1.165) is 27.6 Å². The summed E-state index contributed by atoms with van der Waals surface area (Å²) in [5.74, 6) is 1.09. The van der Waals surface area contributed by atoms with E-state index in [1.807, 2.05) is 40.2 Å². The van der Waals surface area contributed by atoms with E-state index in [4.69, 9.17) is 9.72 Å². The van der Waals surface area contributed by atoms with Crippen LogP contribution in [0.3, 0.4) is 0 Å². The van der Waals surface area contributed by atoms with E-state index >= 15 is 0 Å². The lowest BCUT2D eigenvalue weighted by atomic mass is 10.1. The van der Waals surface area contributed by atoms with Gasteiger partial charge in [0.2, 0.25) is 0 Å². The van der Waals surface area contributed by atoms with Crippen molar-refractivity contribution in [2.75, 3.05) is 18.6 Å². The van der Waals surface area contributed by atoms with Crippen LogP contribution in [0.5, 0.6) is 5.75 Å². The molecule has 0 atom stereocenters. The summed E-state index contributed by atoms with van der Waals surface area (Å²) in [5, 5.41) is 7.45. The first-order valence-electron chi connectivity index (χ1n) is 9.75. The molecule has 4 aromatic rings. The number of halogens is 2. The van der Waals surface area contributed by atoms with Gasteiger partial charge in [0.1, 0.15) is 22.3 Å². The Balaban J connectivity index is 1.59. The molecule has 0 saturated carbocycles. The number of rotatable bonds is 5. The first-order chi connectivity index (χ1) is 15.0. The molecule has 0 spiro atoms. The minimum absolute atomic E-state index is 0.0674. The second-order valence-corrected chi connectivity index (χ2v) is 8.09. The minimum atomic E-state index is -2.62. The fraction of sp³-hybridized carbons (Fsp3) is 0.227. The standard InChI is InChI=1S/C22H19F2N5OS/c1-13-11-19(29-9-6-17(27-29)22-25-7-10-31-22)15-5-8-28(21(15)26-13)18-4-3-14(30-2)12-16(18)20(23)24/h3-4,6-7,9-12,20H,5,8H2,1-2H3. The van der Waals surface area contributed by atoms with Gasteiger partial charge in [0, 0.05) is 41.1 Å². The van der Waals surface area contributed by atoms with Crippen LogP contribution in [0.4, 0.5) is 20.3 Å². The first kappa shape index (κ1) is 19.6. The lowest BCUT2D eigenvalue weighted by Crippen LogP contribution is -2.17. The lowest BCUT2D eigenvalue weighted by molar-refractivity contribution is 0.151. The van der Waals surface area contributed by atoms with E-state index in [-0.39, 0.29) is 5.56 Å². The van der Waals surface area contributed by atoms with Crippen LogP contribution < -0.4 is 9.64 Å². The zero-order chi connectivity index (χ0) is 21.5. The summed E-state index contributed by atoms with van der Waals surface area (Å²) in [5.41, 5.74) is 3.85. The molecule has 1 aromatic carbocycles. The molecular weight excluding hydrogens is 420 g/mol. The first-order valence-corrected chi connectivity index (χ1v) is 10.6. The van der Waals surface area contributed by atoms with E-state index in [1.165, 1.54) is 24.5 Å². The smallest absolute Gasteiger partial charge is 0.265 e. The van der Waals surface area contributed by atoms with Crippen LogP contribution in [-0.2, 0) is 6.42 Å². The highest BCUT2D eigenvalue weighted by Crippen LogP contribution is 2.41. The van der Waals surface area contributed by atoms with Crippen LogP contribution in [0.2, 0.25) is 0 Å². The molecule has 9 heteroatoms. The maximum absolute atomic E-state index is 13.8. The molecule has 0 bridgehead atoms. The van der Waals surface area contributed by atoms with Crippen molar-refractivity contribution in [3.8, 4) is 22.1 Å². The van der Waals surface area contributed by atoms with Gasteiger partial charge in [0.15, 0.2) is 0 Å². The summed E-state index contributed by atoms with van der Waals surface area (Å²) in [7, 11) is 1.47. The maximum atomic E-state index is 13.8. The van der Waals surface area contributed by atoms with E-state index in [2.05, 4.69) is 10.1 Å². The summed E-state index contributed by atoms with van der Waals surface area (Å²) in [4.78, 5) is 10.9. The molecule has 0 unspecified atom stereocenters. The molecular formula is C22H19F2N5OS. The Labute approximate surface area is 181 Å². The van der Waals surface area contributed by atoms with E-state index in [0.29, 0.717) is 30.2 Å². The number of fused-ring (bicyclic) bond motifs is 1. The number of nitrogens with zero attached hydrogens (tertiary/aromatic N) is 5. The number of alkyl halides is 2. The molecule has 1 aliphatic rings. The third-order valence-corrected chi connectivity index (χ3v) is 6.09. The van der Waals surface area contributed by atoms with Gasteiger partial charge in [-0.3, -0.25) is 0 Å². The second kappa shape index (κ2) is 7.73. The average Bonchev–Trinajstić information content (AvgIpc) is 3.52. The number of benzene rings is 1. The molecule has 5 rings (SSSR count). The quantitative estimate of drug-likeness (QED) is 0.420. The van der Waals surface area contributed by atoms with Gasteiger partial charge in [-0.25, -0.2) is 23.4 Å². The van der Waals surface area contributed by atoms with Crippen LogP contribution in [0.25, 0.3) is 16.4 Å². The second-order valence-electron chi connectivity index (χ2n) is 7.19. The van der Waals surface area contributed by atoms with Gasteiger partial charge in [-0.1, -0.05) is 0 Å². The molecule has 1 aliphatic heterocycles. The zero-order valence-electron chi connectivity index (χ0n) is 16.9. The number of anilines is 2. The summed E-state index contributed by atoms with van der Waals surface area (Å²) in [6.45, 7) is 2.46. The Morgan fingerprint density at radius 2 is 2.03 bits per heavy atom. The molecule has 0 N–H and O–H groups in total. The summed E-state index contributed by atoms with van der Waals surface area (Å²) in [6.07, 6.45) is 1.71. The number of aryl methyl sites for hydroxylation is 1. The molecule has 31 heavy (non-hydrogen) atoms. The monoisotopic (exact) mass is 439 g/mol. The largest absolute Gasteiger partial charge is 0.497 e. The van der Waals surface area contributed by atoms with E-state index < -0.39 is 6.43 Å². The van der Waals surface area contributed by atoms with Gasteiger partial charge in [0.05, 0.1) is 18.5 Å². The zero-order valence-corrected chi connectivity index (χ0v) is 17.7. The molecule has 6 nitrogen and oxygen atoms in total. The summed E-state index contributed by atoms with van der Waals surface area (Å²) in [6, 6.07) is 8.66. The van der Waals surface area contributed by atoms with Crippen LogP contribution in [0.1, 0.15) is 23.2 Å². The number of methoxy groups -OCH3 is 1. The number of hydrogen-bond donors (Lipinski definition) is 0. The van der Waals surface area contributed by atoms with Gasteiger partial charge >= 0.3 is 0 Å². The Morgan fingerprint density at radius 1 is 1.16 bits per heavy atom. The van der Waals surface area contributed by atoms with Crippen molar-refractivity contribution in [3.63, 3.8) is 0 Å². The molecule has 0 radical (unpaired) electrons. The normalized spacial score (nSPS) is 13.1. The van der Waals surface area contributed by atoms with Crippen molar-refractivity contribution in [3.05, 3.63) is 64.9 Å². The topological polar surface area (TPSA) is 56.1 Å². The lowest BCUT2D eigenvalue weighted by Gasteiger charge is -2.23.